The van der Waals surface area contributed by atoms with E-state index in [9.17, 15) is 13.2 Å². The molecule has 2 aromatic carbocycles. The normalized spacial score (nSPS) is 11.1. The van der Waals surface area contributed by atoms with Crippen molar-refractivity contribution < 1.29 is 13.2 Å². The molecule has 10 heteroatoms. The number of fused-ring (bicyclic) bond motifs is 1. The molecule has 164 valence electrons. The van der Waals surface area contributed by atoms with E-state index in [0.29, 0.717) is 17.8 Å². The Balaban J connectivity index is 1.68. The molecule has 0 fully saturated rings. The van der Waals surface area contributed by atoms with Crippen molar-refractivity contribution in [2.45, 2.75) is 6.54 Å². The molecule has 3 heterocycles. The van der Waals surface area contributed by atoms with Crippen molar-refractivity contribution in [2.24, 2.45) is 0 Å². The number of nitrogens with zero attached hydrogens (tertiary/aromatic N) is 5. The molecule has 0 aliphatic carbocycles. The van der Waals surface area contributed by atoms with Gasteiger partial charge in [0, 0.05) is 30.6 Å². The predicted molar refractivity (Wildman–Crippen MR) is 118 cm³/mol. The van der Waals surface area contributed by atoms with Crippen LogP contribution in [0, 0.1) is 17.5 Å². The van der Waals surface area contributed by atoms with E-state index in [-0.39, 0.29) is 28.5 Å². The van der Waals surface area contributed by atoms with E-state index in [1.165, 1.54) is 18.2 Å². The molecule has 0 unspecified atom stereocenters. The molecule has 0 radical (unpaired) electrons. The third-order valence-corrected chi connectivity index (χ3v) is 4.98. The molecule has 0 aliphatic heterocycles. The number of anilines is 2. The first-order valence-corrected chi connectivity index (χ1v) is 9.90. The second-order valence-electron chi connectivity index (χ2n) is 7.21. The van der Waals surface area contributed by atoms with Crippen molar-refractivity contribution in [3.05, 3.63) is 90.0 Å². The van der Waals surface area contributed by atoms with Crippen LogP contribution in [0.1, 0.15) is 5.56 Å². The van der Waals surface area contributed by atoms with Gasteiger partial charge in [-0.15, -0.1) is 5.10 Å². The number of aromatic nitrogens is 5. The van der Waals surface area contributed by atoms with Crippen LogP contribution in [0.3, 0.4) is 0 Å². The highest BCUT2D eigenvalue weighted by atomic mass is 19.1. The van der Waals surface area contributed by atoms with Gasteiger partial charge in [0.25, 0.3) is 0 Å². The summed E-state index contributed by atoms with van der Waals surface area (Å²) in [5, 5.41) is 7.67. The predicted octanol–water partition coefficient (Wildman–Crippen LogP) is 4.49. The Kier molecular flexibility index (Phi) is 5.09. The maximum Gasteiger partial charge on any atom is 0.225 e. The lowest BCUT2D eigenvalue weighted by molar-refractivity contribution is 0.588. The van der Waals surface area contributed by atoms with Crippen LogP contribution < -0.4 is 11.1 Å². The number of nitrogen functional groups attached to an aromatic ring is 1. The molecule has 7 nitrogen and oxygen atoms in total. The molecule has 0 spiro atoms. The van der Waals surface area contributed by atoms with Crippen LogP contribution in [0.15, 0.2) is 67.0 Å². The first-order valence-electron chi connectivity index (χ1n) is 9.90. The lowest BCUT2D eigenvalue weighted by Gasteiger charge is -2.09. The number of halogens is 3. The highest BCUT2D eigenvalue weighted by Crippen LogP contribution is 2.33. The summed E-state index contributed by atoms with van der Waals surface area (Å²) in [5.41, 5.74) is 7.87. The minimum Gasteiger partial charge on any atom is -0.383 e. The Labute approximate surface area is 185 Å². The lowest BCUT2D eigenvalue weighted by atomic mass is 10.1. The Morgan fingerprint density at radius 1 is 0.939 bits per heavy atom. The molecule has 0 saturated heterocycles. The minimum atomic E-state index is -0.717. The summed E-state index contributed by atoms with van der Waals surface area (Å²) in [5.74, 6) is -1.64. The van der Waals surface area contributed by atoms with E-state index < -0.39 is 17.5 Å². The molecule has 3 aromatic heterocycles. The van der Waals surface area contributed by atoms with E-state index in [2.05, 4.69) is 25.4 Å². The van der Waals surface area contributed by atoms with Crippen molar-refractivity contribution in [1.82, 2.24) is 24.7 Å². The maximum absolute atomic E-state index is 14.4. The van der Waals surface area contributed by atoms with Crippen LogP contribution in [-0.2, 0) is 6.54 Å². The summed E-state index contributed by atoms with van der Waals surface area (Å²) in [6, 6.07) is 12.4. The Hall–Kier alpha value is -4.47. The van der Waals surface area contributed by atoms with Crippen LogP contribution in [0.5, 0.6) is 0 Å². The third kappa shape index (κ3) is 3.93. The van der Waals surface area contributed by atoms with Gasteiger partial charge >= 0.3 is 0 Å². The fourth-order valence-electron chi connectivity index (χ4n) is 3.45. The number of nitrogens with two attached hydrogens (primary N) is 1. The summed E-state index contributed by atoms with van der Waals surface area (Å²) >= 11 is 0. The second kappa shape index (κ2) is 8.23. The summed E-state index contributed by atoms with van der Waals surface area (Å²) < 4.78 is 43.3. The number of hydrogen-bond acceptors (Lipinski definition) is 6. The van der Waals surface area contributed by atoms with Crippen molar-refractivity contribution >= 4 is 22.8 Å². The Morgan fingerprint density at radius 2 is 1.79 bits per heavy atom. The first kappa shape index (κ1) is 20.4. The Bertz CT molecular complexity index is 1470. The molecule has 3 N–H and O–H groups in total. The molecular formula is C23H16F3N7. The van der Waals surface area contributed by atoms with Crippen LogP contribution in [0.25, 0.3) is 28.0 Å². The van der Waals surface area contributed by atoms with Gasteiger partial charge in [-0.2, -0.15) is 4.98 Å². The number of rotatable bonds is 5. The SMILES string of the molecule is Nc1c2c(-c3cccc(F)c3)nc(NCc3cccnc3)nc2nn1-c1cc(F)ccc1F. The number of pyridine rings is 1. The summed E-state index contributed by atoms with van der Waals surface area (Å²) in [7, 11) is 0. The highest BCUT2D eigenvalue weighted by molar-refractivity contribution is 5.99. The topological polar surface area (TPSA) is 94.5 Å². The van der Waals surface area contributed by atoms with Crippen LogP contribution in [0.4, 0.5) is 24.9 Å². The van der Waals surface area contributed by atoms with Crippen molar-refractivity contribution in [2.75, 3.05) is 11.1 Å². The van der Waals surface area contributed by atoms with Gasteiger partial charge in [-0.3, -0.25) is 4.98 Å². The summed E-state index contributed by atoms with van der Waals surface area (Å²) in [6.45, 7) is 0.372. The molecule has 5 rings (SSSR count). The average molecular weight is 447 g/mol. The largest absolute Gasteiger partial charge is 0.383 e. The zero-order chi connectivity index (χ0) is 22.9. The fourth-order valence-corrected chi connectivity index (χ4v) is 3.45. The van der Waals surface area contributed by atoms with Gasteiger partial charge in [-0.25, -0.2) is 22.8 Å². The van der Waals surface area contributed by atoms with Crippen LogP contribution in [-0.4, -0.2) is 24.7 Å². The third-order valence-electron chi connectivity index (χ3n) is 4.98. The van der Waals surface area contributed by atoms with Crippen molar-refractivity contribution in [1.29, 1.82) is 0 Å². The standard InChI is InChI=1S/C23H16F3N7/c24-15-5-1-4-14(9-15)20-19-21(27)33(18-10-16(25)6-7-17(18)26)32-22(19)31-23(30-20)29-12-13-3-2-8-28-11-13/h1-11H,12,27H2,(H,29,31,32). The number of hydrogen-bond donors (Lipinski definition) is 2. The average Bonchev–Trinajstić information content (AvgIpc) is 3.15. The second-order valence-corrected chi connectivity index (χ2v) is 7.21. The molecule has 33 heavy (non-hydrogen) atoms. The monoisotopic (exact) mass is 447 g/mol. The highest BCUT2D eigenvalue weighted by Gasteiger charge is 2.21. The fraction of sp³-hybridized carbons (Fsp3) is 0.0435. The van der Waals surface area contributed by atoms with Gasteiger partial charge in [-0.05, 0) is 35.9 Å². The van der Waals surface area contributed by atoms with E-state index >= 15 is 0 Å². The number of benzene rings is 2. The smallest absolute Gasteiger partial charge is 0.225 e. The van der Waals surface area contributed by atoms with Gasteiger partial charge in [-0.1, -0.05) is 18.2 Å². The van der Waals surface area contributed by atoms with Crippen LogP contribution in [0.2, 0.25) is 0 Å². The zero-order valence-corrected chi connectivity index (χ0v) is 17.0. The molecule has 5 aromatic rings. The number of nitrogens with one attached hydrogen (secondary N) is 1. The zero-order valence-electron chi connectivity index (χ0n) is 17.0. The van der Waals surface area contributed by atoms with Gasteiger partial charge in [0.1, 0.15) is 29.0 Å². The van der Waals surface area contributed by atoms with E-state index in [1.54, 1.807) is 24.5 Å². The van der Waals surface area contributed by atoms with E-state index in [4.69, 9.17) is 5.73 Å². The molecule has 0 amide bonds. The molecule has 0 saturated carbocycles. The van der Waals surface area contributed by atoms with Crippen molar-refractivity contribution in [3.63, 3.8) is 0 Å². The quantitative estimate of drug-likeness (QED) is 0.412. The lowest BCUT2D eigenvalue weighted by Crippen LogP contribution is -2.05. The molecule has 0 aliphatic rings. The van der Waals surface area contributed by atoms with Gasteiger partial charge in [0.15, 0.2) is 5.65 Å². The molecule has 0 bridgehead atoms. The summed E-state index contributed by atoms with van der Waals surface area (Å²) in [6.07, 6.45) is 3.35. The van der Waals surface area contributed by atoms with E-state index in [1.807, 2.05) is 6.07 Å². The van der Waals surface area contributed by atoms with Gasteiger partial charge in [0.2, 0.25) is 5.95 Å². The summed E-state index contributed by atoms with van der Waals surface area (Å²) in [4.78, 5) is 13.0. The van der Waals surface area contributed by atoms with Gasteiger partial charge < -0.3 is 11.1 Å². The Morgan fingerprint density at radius 3 is 2.58 bits per heavy atom. The van der Waals surface area contributed by atoms with E-state index in [0.717, 1.165) is 28.4 Å². The molecular weight excluding hydrogens is 431 g/mol. The van der Waals surface area contributed by atoms with Crippen molar-refractivity contribution in [3.8, 4) is 16.9 Å². The maximum atomic E-state index is 14.4. The molecule has 0 atom stereocenters. The first-order chi connectivity index (χ1) is 16.0. The minimum absolute atomic E-state index is 0.00688. The van der Waals surface area contributed by atoms with Gasteiger partial charge in [0.05, 0.1) is 11.1 Å². The van der Waals surface area contributed by atoms with Crippen LogP contribution >= 0.6 is 0 Å².